The van der Waals surface area contributed by atoms with Gasteiger partial charge < -0.3 is 5.32 Å². The van der Waals surface area contributed by atoms with E-state index in [1.165, 1.54) is 16.7 Å². The number of carbonyl (C=O) groups excluding carboxylic acids is 1. The second-order valence-corrected chi connectivity index (χ2v) is 9.07. The average Bonchev–Trinajstić information content (AvgIpc) is 3.25. The fourth-order valence-corrected chi connectivity index (χ4v) is 5.24. The van der Waals surface area contributed by atoms with E-state index in [1.54, 1.807) is 0 Å². The molecule has 2 aliphatic rings. The number of nitrogens with zero attached hydrogens (tertiary/aromatic N) is 2. The van der Waals surface area contributed by atoms with Gasteiger partial charge in [-0.1, -0.05) is 84.9 Å². The van der Waals surface area contributed by atoms with Crippen molar-refractivity contribution in [2.24, 2.45) is 0 Å². The highest BCUT2D eigenvalue weighted by atomic mass is 16.2. The maximum absolute atomic E-state index is 13.7. The van der Waals surface area contributed by atoms with Crippen LogP contribution in [0.2, 0.25) is 0 Å². The fraction of sp³-hybridized carbons (Fsp3) is 0.321. The zero-order valence-electron chi connectivity index (χ0n) is 18.5. The Morgan fingerprint density at radius 2 is 1.25 bits per heavy atom. The molecule has 1 N–H and O–H groups in total. The minimum Gasteiger partial charge on any atom is -0.350 e. The molecule has 0 saturated carbocycles. The van der Waals surface area contributed by atoms with Crippen LogP contribution in [-0.4, -0.2) is 47.4 Å². The molecule has 0 bridgehead atoms. The van der Waals surface area contributed by atoms with E-state index in [0.29, 0.717) is 6.54 Å². The van der Waals surface area contributed by atoms with Crippen LogP contribution >= 0.6 is 0 Å². The molecule has 0 radical (unpaired) electrons. The number of hydrogen-bond donors (Lipinski definition) is 1. The van der Waals surface area contributed by atoms with Crippen molar-refractivity contribution in [2.45, 2.75) is 31.5 Å². The van der Waals surface area contributed by atoms with Gasteiger partial charge in [-0.05, 0) is 22.3 Å². The number of benzene rings is 3. The Balaban J connectivity index is 1.30. The zero-order valence-corrected chi connectivity index (χ0v) is 18.5. The number of nitrogens with one attached hydrogen (secondary N) is 1. The van der Waals surface area contributed by atoms with Crippen molar-refractivity contribution in [1.29, 1.82) is 0 Å². The highest BCUT2D eigenvalue weighted by Crippen LogP contribution is 2.36. The van der Waals surface area contributed by atoms with Gasteiger partial charge in [-0.2, -0.15) is 0 Å². The van der Waals surface area contributed by atoms with Crippen LogP contribution in [0.1, 0.15) is 22.3 Å². The van der Waals surface area contributed by atoms with E-state index in [2.05, 4.69) is 81.8 Å². The molecule has 3 aromatic carbocycles. The van der Waals surface area contributed by atoms with E-state index < -0.39 is 5.54 Å². The lowest BCUT2D eigenvalue weighted by molar-refractivity contribution is -0.135. The number of carbonyl (C=O) groups is 1. The van der Waals surface area contributed by atoms with Gasteiger partial charge in [0, 0.05) is 52.1 Å². The number of fused-ring (bicyclic) bond motifs is 1. The molecular weight excluding hydrogens is 394 g/mol. The molecule has 0 aromatic heterocycles. The van der Waals surface area contributed by atoms with E-state index >= 15 is 0 Å². The third kappa shape index (κ3) is 4.34. The van der Waals surface area contributed by atoms with Crippen LogP contribution in [-0.2, 0) is 30.7 Å². The van der Waals surface area contributed by atoms with Gasteiger partial charge in [0.1, 0.15) is 5.54 Å². The second kappa shape index (κ2) is 9.27. The first-order chi connectivity index (χ1) is 15.7. The van der Waals surface area contributed by atoms with Gasteiger partial charge >= 0.3 is 0 Å². The number of hydrogen-bond acceptors (Lipinski definition) is 3. The lowest BCUT2D eigenvalue weighted by atomic mass is 9.90. The maximum atomic E-state index is 13.7. The highest BCUT2D eigenvalue weighted by Gasteiger charge is 2.48. The summed E-state index contributed by atoms with van der Waals surface area (Å²) >= 11 is 0. The Hall–Kier alpha value is -2.95. The third-order valence-corrected chi connectivity index (χ3v) is 7.03. The van der Waals surface area contributed by atoms with E-state index in [4.69, 9.17) is 0 Å². The van der Waals surface area contributed by atoms with Crippen molar-refractivity contribution in [2.75, 3.05) is 26.2 Å². The summed E-state index contributed by atoms with van der Waals surface area (Å²) < 4.78 is 0. The van der Waals surface area contributed by atoms with Crippen molar-refractivity contribution in [3.63, 3.8) is 0 Å². The molecule has 1 heterocycles. The zero-order chi connectivity index (χ0) is 21.8. The number of piperazine rings is 1. The Bertz CT molecular complexity index is 1020. The fourth-order valence-electron chi connectivity index (χ4n) is 5.24. The topological polar surface area (TPSA) is 35.6 Å². The van der Waals surface area contributed by atoms with E-state index in [1.807, 2.05) is 18.2 Å². The Labute approximate surface area is 190 Å². The van der Waals surface area contributed by atoms with Gasteiger partial charge in [-0.3, -0.25) is 14.6 Å². The van der Waals surface area contributed by atoms with Crippen LogP contribution in [0.5, 0.6) is 0 Å². The van der Waals surface area contributed by atoms with Crippen LogP contribution in [0.3, 0.4) is 0 Å². The summed E-state index contributed by atoms with van der Waals surface area (Å²) in [6, 6.07) is 29.4. The van der Waals surface area contributed by atoms with Gasteiger partial charge in [0.25, 0.3) is 0 Å². The summed E-state index contributed by atoms with van der Waals surface area (Å²) in [6.45, 7) is 5.35. The van der Waals surface area contributed by atoms with Crippen molar-refractivity contribution >= 4 is 5.91 Å². The smallest absolute Gasteiger partial charge is 0.241 e. The molecule has 4 heteroatoms. The minimum atomic E-state index is -0.489. The van der Waals surface area contributed by atoms with Crippen LogP contribution in [0, 0.1) is 0 Å². The van der Waals surface area contributed by atoms with Crippen LogP contribution in [0.4, 0.5) is 0 Å². The van der Waals surface area contributed by atoms with Gasteiger partial charge in [0.15, 0.2) is 0 Å². The van der Waals surface area contributed by atoms with Crippen molar-refractivity contribution in [3.8, 4) is 0 Å². The molecule has 4 nitrogen and oxygen atoms in total. The molecule has 1 aliphatic carbocycles. The largest absolute Gasteiger partial charge is 0.350 e. The van der Waals surface area contributed by atoms with E-state index in [0.717, 1.165) is 51.1 Å². The summed E-state index contributed by atoms with van der Waals surface area (Å²) in [5.41, 5.74) is 4.63. The van der Waals surface area contributed by atoms with Crippen molar-refractivity contribution in [1.82, 2.24) is 15.1 Å². The van der Waals surface area contributed by atoms with Gasteiger partial charge in [-0.15, -0.1) is 0 Å². The van der Waals surface area contributed by atoms with E-state index in [9.17, 15) is 4.79 Å². The number of rotatable bonds is 6. The second-order valence-electron chi connectivity index (χ2n) is 9.07. The third-order valence-electron chi connectivity index (χ3n) is 7.03. The molecule has 0 atom stereocenters. The summed E-state index contributed by atoms with van der Waals surface area (Å²) in [6.07, 6.45) is 1.59. The normalized spacial score (nSPS) is 18.2. The highest BCUT2D eigenvalue weighted by molar-refractivity contribution is 5.88. The van der Waals surface area contributed by atoms with E-state index in [-0.39, 0.29) is 5.91 Å². The molecule has 0 spiro atoms. The predicted molar refractivity (Wildman–Crippen MR) is 128 cm³/mol. The standard InChI is InChI=1S/C28H31N3O/c32-27(29-21-23-9-3-1-4-10-23)28(19-25-13-7-8-14-26(25)20-28)31-17-15-30(16-18-31)22-24-11-5-2-6-12-24/h1-14H,15-22H2,(H,29,32). The van der Waals surface area contributed by atoms with Gasteiger partial charge in [0.2, 0.25) is 5.91 Å². The summed E-state index contributed by atoms with van der Waals surface area (Å²) in [4.78, 5) is 18.7. The molecule has 5 rings (SSSR count). The van der Waals surface area contributed by atoms with Crippen LogP contribution in [0.15, 0.2) is 84.9 Å². The van der Waals surface area contributed by atoms with Crippen LogP contribution in [0.25, 0.3) is 0 Å². The lowest BCUT2D eigenvalue weighted by Crippen LogP contribution is -2.64. The molecule has 3 aromatic rings. The monoisotopic (exact) mass is 425 g/mol. The predicted octanol–water partition coefficient (Wildman–Crippen LogP) is 3.66. The first kappa shape index (κ1) is 20.9. The molecule has 0 unspecified atom stereocenters. The molecule has 1 saturated heterocycles. The molecular formula is C28H31N3O. The Morgan fingerprint density at radius 1 is 0.719 bits per heavy atom. The molecule has 1 amide bonds. The molecule has 32 heavy (non-hydrogen) atoms. The molecule has 1 fully saturated rings. The van der Waals surface area contributed by atoms with Crippen molar-refractivity contribution in [3.05, 3.63) is 107 Å². The summed E-state index contributed by atoms with van der Waals surface area (Å²) in [7, 11) is 0. The summed E-state index contributed by atoms with van der Waals surface area (Å²) in [5, 5.41) is 3.27. The molecule has 164 valence electrons. The molecule has 1 aliphatic heterocycles. The Morgan fingerprint density at radius 3 is 1.84 bits per heavy atom. The quantitative estimate of drug-likeness (QED) is 0.655. The van der Waals surface area contributed by atoms with Crippen LogP contribution < -0.4 is 5.32 Å². The lowest BCUT2D eigenvalue weighted by Gasteiger charge is -2.45. The van der Waals surface area contributed by atoms with Gasteiger partial charge in [0.05, 0.1) is 0 Å². The van der Waals surface area contributed by atoms with Crippen molar-refractivity contribution < 1.29 is 4.79 Å². The SMILES string of the molecule is O=C(NCc1ccccc1)C1(N2CCN(Cc3ccccc3)CC2)Cc2ccccc2C1. The summed E-state index contributed by atoms with van der Waals surface area (Å²) in [5.74, 6) is 0.161. The number of amides is 1. The first-order valence-corrected chi connectivity index (χ1v) is 11.6. The average molecular weight is 426 g/mol. The minimum absolute atomic E-state index is 0.161. The van der Waals surface area contributed by atoms with Gasteiger partial charge in [-0.25, -0.2) is 0 Å². The maximum Gasteiger partial charge on any atom is 0.241 e. The first-order valence-electron chi connectivity index (χ1n) is 11.6. The Kier molecular flexibility index (Phi) is 6.06.